The third-order valence-corrected chi connectivity index (χ3v) is 3.34. The first kappa shape index (κ1) is 11.8. The second kappa shape index (κ2) is 5.54. The molecule has 0 bridgehead atoms. The van der Waals surface area contributed by atoms with Crippen LogP contribution in [0.4, 0.5) is 0 Å². The third kappa shape index (κ3) is 2.84. The van der Waals surface area contributed by atoms with Gasteiger partial charge in [0.2, 0.25) is 0 Å². The molecule has 0 amide bonds. The van der Waals surface area contributed by atoms with Gasteiger partial charge in [-0.3, -0.25) is 0 Å². The number of aryl methyl sites for hydroxylation is 2. The molecule has 0 fully saturated rings. The molecule has 0 atom stereocenters. The fourth-order valence-electron chi connectivity index (χ4n) is 1.51. The molecule has 0 aliphatic rings. The van der Waals surface area contributed by atoms with Crippen molar-refractivity contribution in [3.8, 4) is 0 Å². The SMILES string of the molecule is Cc1ccc(C)c(CN/C=[CH]/[Tl])c1C. The van der Waals surface area contributed by atoms with E-state index >= 15 is 0 Å². The summed E-state index contributed by atoms with van der Waals surface area (Å²) in [7, 11) is 0. The second-order valence-corrected chi connectivity index (χ2v) is 5.04. The standard InChI is InChI=1S/C12H16N.Tl/c1-5-13-8-12-10(3)7-6-9(2)11(12)4;/h1,5-7,13H,8H2,2-4H3;. The van der Waals surface area contributed by atoms with Crippen molar-refractivity contribution in [1.82, 2.24) is 5.32 Å². The van der Waals surface area contributed by atoms with Gasteiger partial charge in [-0.2, -0.15) is 0 Å². The number of rotatable bonds is 3. The molecule has 0 heterocycles. The van der Waals surface area contributed by atoms with Crippen molar-refractivity contribution in [2.75, 3.05) is 0 Å². The van der Waals surface area contributed by atoms with Crippen LogP contribution >= 0.6 is 0 Å². The van der Waals surface area contributed by atoms with Crippen LogP contribution in [0.1, 0.15) is 22.3 Å². The van der Waals surface area contributed by atoms with Crippen molar-refractivity contribution < 1.29 is 0 Å². The first-order chi connectivity index (χ1) is 6.66. The average molecular weight is 379 g/mol. The van der Waals surface area contributed by atoms with Gasteiger partial charge in [-0.25, -0.2) is 0 Å². The Morgan fingerprint density at radius 1 is 1.21 bits per heavy atom. The van der Waals surface area contributed by atoms with Crippen molar-refractivity contribution in [3.63, 3.8) is 0 Å². The molecule has 1 N–H and O–H groups in total. The predicted octanol–water partition coefficient (Wildman–Crippen LogP) is 2.34. The van der Waals surface area contributed by atoms with Crippen LogP contribution in [0.2, 0.25) is 0 Å². The molecule has 14 heavy (non-hydrogen) atoms. The Morgan fingerprint density at radius 2 is 1.86 bits per heavy atom. The molecular weight excluding hydrogens is 363 g/mol. The van der Waals surface area contributed by atoms with Gasteiger partial charge < -0.3 is 0 Å². The summed E-state index contributed by atoms with van der Waals surface area (Å²) < 4.78 is 2.18. The van der Waals surface area contributed by atoms with Gasteiger partial charge in [0.05, 0.1) is 0 Å². The molecule has 72 valence electrons. The summed E-state index contributed by atoms with van der Waals surface area (Å²) >= 11 is 0.937. The zero-order valence-electron chi connectivity index (χ0n) is 9.09. The van der Waals surface area contributed by atoms with Gasteiger partial charge >= 0.3 is 103 Å². The van der Waals surface area contributed by atoms with Crippen LogP contribution in [0, 0.1) is 20.8 Å². The molecule has 1 aromatic rings. The summed E-state index contributed by atoms with van der Waals surface area (Å²) in [6.45, 7) is 7.49. The zero-order chi connectivity index (χ0) is 10.6. The normalized spacial score (nSPS) is 10.7. The molecule has 0 aliphatic carbocycles. The summed E-state index contributed by atoms with van der Waals surface area (Å²) in [5.74, 6) is 0. The van der Waals surface area contributed by atoms with E-state index in [1.807, 2.05) is 0 Å². The van der Waals surface area contributed by atoms with Gasteiger partial charge in [-0.05, 0) is 0 Å². The Bertz CT molecular complexity index is 342. The van der Waals surface area contributed by atoms with Crippen LogP contribution in [-0.2, 0) is 6.54 Å². The topological polar surface area (TPSA) is 12.0 Å². The fraction of sp³-hybridized carbons (Fsp3) is 0.333. The molecule has 0 radical (unpaired) electrons. The molecule has 1 rings (SSSR count). The first-order valence-corrected chi connectivity index (χ1v) is 7.41. The van der Waals surface area contributed by atoms with Gasteiger partial charge in [-0.1, -0.05) is 0 Å². The fourth-order valence-corrected chi connectivity index (χ4v) is 2.04. The van der Waals surface area contributed by atoms with Gasteiger partial charge in [0.1, 0.15) is 0 Å². The zero-order valence-corrected chi connectivity index (χ0v) is 13.6. The second-order valence-electron chi connectivity index (χ2n) is 3.54. The van der Waals surface area contributed by atoms with Crippen molar-refractivity contribution in [3.05, 3.63) is 44.2 Å². The minimum absolute atomic E-state index is 0.937. The third-order valence-electron chi connectivity index (χ3n) is 2.60. The van der Waals surface area contributed by atoms with Crippen LogP contribution in [0.15, 0.2) is 22.0 Å². The molecule has 1 aromatic carbocycles. The predicted molar refractivity (Wildman–Crippen MR) is 62.4 cm³/mol. The molecule has 0 saturated heterocycles. The Hall–Kier alpha value is -0.318. The molecule has 0 aliphatic heterocycles. The van der Waals surface area contributed by atoms with E-state index in [0.717, 1.165) is 32.3 Å². The van der Waals surface area contributed by atoms with Crippen LogP contribution in [0.5, 0.6) is 0 Å². The Labute approximate surface area is 102 Å². The van der Waals surface area contributed by atoms with Crippen LogP contribution in [0.25, 0.3) is 0 Å². The van der Waals surface area contributed by atoms with Crippen molar-refractivity contribution in [1.29, 1.82) is 0 Å². The Morgan fingerprint density at radius 3 is 2.50 bits per heavy atom. The molecule has 0 unspecified atom stereocenters. The summed E-state index contributed by atoms with van der Waals surface area (Å²) in [6, 6.07) is 4.39. The van der Waals surface area contributed by atoms with E-state index in [0.29, 0.717) is 0 Å². The Kier molecular flexibility index (Phi) is 4.65. The molecule has 0 saturated carbocycles. The maximum atomic E-state index is 3.32. The molecule has 1 nitrogen and oxygen atoms in total. The van der Waals surface area contributed by atoms with Crippen molar-refractivity contribution >= 4 is 25.8 Å². The van der Waals surface area contributed by atoms with E-state index in [-0.39, 0.29) is 0 Å². The average Bonchev–Trinajstić information content (AvgIpc) is 2.18. The number of hydrogen-bond donors (Lipinski definition) is 1. The molecular formula is C12H16NTl. The van der Waals surface area contributed by atoms with Crippen LogP contribution in [-0.4, -0.2) is 25.8 Å². The molecule has 0 spiro atoms. The monoisotopic (exact) mass is 379 g/mol. The number of hydrogen-bond acceptors (Lipinski definition) is 1. The summed E-state index contributed by atoms with van der Waals surface area (Å²) in [6.07, 6.45) is 2.06. The first-order valence-electron chi connectivity index (χ1n) is 4.82. The minimum atomic E-state index is 0.937. The summed E-state index contributed by atoms with van der Waals surface area (Å²) in [4.78, 5) is 0. The maximum absolute atomic E-state index is 3.32. The van der Waals surface area contributed by atoms with Crippen molar-refractivity contribution in [2.24, 2.45) is 0 Å². The quantitative estimate of drug-likeness (QED) is 0.796. The van der Waals surface area contributed by atoms with Crippen molar-refractivity contribution in [2.45, 2.75) is 27.3 Å². The van der Waals surface area contributed by atoms with E-state index in [2.05, 4.69) is 48.1 Å². The van der Waals surface area contributed by atoms with Crippen LogP contribution < -0.4 is 5.32 Å². The molecule has 2 heteroatoms. The van der Waals surface area contributed by atoms with Gasteiger partial charge in [-0.15, -0.1) is 0 Å². The van der Waals surface area contributed by atoms with Gasteiger partial charge in [0.15, 0.2) is 0 Å². The number of nitrogens with one attached hydrogen (secondary N) is 1. The van der Waals surface area contributed by atoms with Gasteiger partial charge in [0.25, 0.3) is 0 Å². The van der Waals surface area contributed by atoms with E-state index in [1.165, 1.54) is 22.3 Å². The van der Waals surface area contributed by atoms with Crippen LogP contribution in [0.3, 0.4) is 0 Å². The summed E-state index contributed by atoms with van der Waals surface area (Å²) in [5.41, 5.74) is 5.61. The van der Waals surface area contributed by atoms with E-state index in [9.17, 15) is 0 Å². The van der Waals surface area contributed by atoms with E-state index in [4.69, 9.17) is 0 Å². The number of benzene rings is 1. The molecule has 0 aromatic heterocycles. The van der Waals surface area contributed by atoms with Gasteiger partial charge in [0, 0.05) is 0 Å². The summed E-state index contributed by atoms with van der Waals surface area (Å²) in [5, 5.41) is 3.32. The Balaban J connectivity index is 2.89. The van der Waals surface area contributed by atoms with E-state index in [1.54, 1.807) is 0 Å². The van der Waals surface area contributed by atoms with E-state index < -0.39 is 0 Å².